The van der Waals surface area contributed by atoms with Crippen LogP contribution in [0.4, 0.5) is 14.6 Å². The highest BCUT2D eigenvalue weighted by Crippen LogP contribution is 2.45. The Morgan fingerprint density at radius 2 is 1.91 bits per heavy atom. The van der Waals surface area contributed by atoms with Gasteiger partial charge in [0.05, 0.1) is 30.0 Å². The average molecular weight is 433 g/mol. The largest absolute Gasteiger partial charge is 0.357 e. The highest BCUT2D eigenvalue weighted by molar-refractivity contribution is 6.01. The van der Waals surface area contributed by atoms with Gasteiger partial charge >= 0.3 is 0 Å². The Hall–Kier alpha value is -3.29. The Labute approximate surface area is 183 Å². The van der Waals surface area contributed by atoms with Crippen molar-refractivity contribution in [3.63, 3.8) is 0 Å². The maximum atomic E-state index is 13.1. The van der Waals surface area contributed by atoms with Crippen molar-refractivity contribution in [1.82, 2.24) is 20.3 Å². The SMILES string of the molecule is O=C1NC2(CC2)Cc2[nH]c3c(c21)CCc1cnc(-c2ccc(N4CC(F)(F)C4)nc2)cc1-3. The van der Waals surface area contributed by atoms with Crippen LogP contribution >= 0.6 is 0 Å². The van der Waals surface area contributed by atoms with Crippen LogP contribution in [-0.4, -0.2) is 45.4 Å². The minimum atomic E-state index is -2.62. The molecule has 3 aromatic heterocycles. The molecule has 8 heteroatoms. The minimum absolute atomic E-state index is 0.0302. The molecule has 1 spiro atoms. The molecular weight excluding hydrogens is 412 g/mol. The molecule has 162 valence electrons. The number of hydrogen-bond acceptors (Lipinski definition) is 4. The summed E-state index contributed by atoms with van der Waals surface area (Å²) in [6.45, 7) is -0.572. The molecule has 0 aromatic carbocycles. The third kappa shape index (κ3) is 2.64. The number of carbonyl (C=O) groups excluding carboxylic acids is 1. The lowest BCUT2D eigenvalue weighted by atomic mass is 9.87. The van der Waals surface area contributed by atoms with Crippen molar-refractivity contribution >= 4 is 11.7 Å². The molecule has 6 nitrogen and oxygen atoms in total. The topological polar surface area (TPSA) is 73.9 Å². The first-order valence-electron chi connectivity index (χ1n) is 11.0. The maximum Gasteiger partial charge on any atom is 0.282 e. The van der Waals surface area contributed by atoms with Gasteiger partial charge in [0.2, 0.25) is 0 Å². The van der Waals surface area contributed by atoms with Crippen LogP contribution < -0.4 is 10.2 Å². The van der Waals surface area contributed by atoms with Gasteiger partial charge < -0.3 is 15.2 Å². The molecule has 2 aliphatic carbocycles. The molecule has 0 unspecified atom stereocenters. The van der Waals surface area contributed by atoms with Crippen LogP contribution in [0.3, 0.4) is 0 Å². The number of pyridine rings is 2. The summed E-state index contributed by atoms with van der Waals surface area (Å²) >= 11 is 0. The molecule has 0 radical (unpaired) electrons. The third-order valence-corrected chi connectivity index (χ3v) is 7.27. The van der Waals surface area contributed by atoms with E-state index in [0.717, 1.165) is 77.0 Å². The fourth-order valence-electron chi connectivity index (χ4n) is 5.35. The standard InChI is InChI=1S/C24H21F2N5O/c25-24(26)11-31(12-24)19-4-2-14(10-28-19)17-7-16-13(9-27-17)1-3-15-20-18(29-21(15)16)8-23(5-6-23)30-22(20)32/h2,4,7,9-10,29H,1,3,5-6,8,11-12H2,(H,30,32). The summed E-state index contributed by atoms with van der Waals surface area (Å²) in [4.78, 5) is 27.0. The molecule has 5 heterocycles. The number of aromatic amines is 1. The van der Waals surface area contributed by atoms with Crippen LogP contribution in [0.2, 0.25) is 0 Å². The molecule has 1 amide bonds. The monoisotopic (exact) mass is 433 g/mol. The number of amides is 1. The summed E-state index contributed by atoms with van der Waals surface area (Å²) in [5.74, 6) is -2.02. The van der Waals surface area contributed by atoms with E-state index in [1.165, 1.54) is 0 Å². The molecule has 2 fully saturated rings. The van der Waals surface area contributed by atoms with Gasteiger partial charge in [-0.2, -0.15) is 0 Å². The first-order valence-corrected chi connectivity index (χ1v) is 11.0. The lowest BCUT2D eigenvalue weighted by Crippen LogP contribution is -2.56. The van der Waals surface area contributed by atoms with Crippen LogP contribution in [0.15, 0.2) is 30.6 Å². The zero-order valence-corrected chi connectivity index (χ0v) is 17.3. The van der Waals surface area contributed by atoms with Gasteiger partial charge in [-0.1, -0.05) is 0 Å². The van der Waals surface area contributed by atoms with Gasteiger partial charge in [0.1, 0.15) is 5.82 Å². The Bertz CT molecular complexity index is 1280. The molecule has 4 aliphatic rings. The highest BCUT2D eigenvalue weighted by atomic mass is 19.3. The lowest BCUT2D eigenvalue weighted by molar-refractivity contribution is -0.0267. The smallest absolute Gasteiger partial charge is 0.282 e. The van der Waals surface area contributed by atoms with Crippen LogP contribution in [-0.2, 0) is 19.3 Å². The summed E-state index contributed by atoms with van der Waals surface area (Å²) in [7, 11) is 0. The van der Waals surface area contributed by atoms with Crippen molar-refractivity contribution in [2.45, 2.75) is 43.6 Å². The van der Waals surface area contributed by atoms with E-state index in [0.29, 0.717) is 5.82 Å². The zero-order chi connectivity index (χ0) is 21.7. The molecule has 3 aromatic rings. The lowest BCUT2D eigenvalue weighted by Gasteiger charge is -2.39. The molecule has 32 heavy (non-hydrogen) atoms. The molecule has 0 atom stereocenters. The summed E-state index contributed by atoms with van der Waals surface area (Å²) in [6, 6.07) is 5.69. The van der Waals surface area contributed by atoms with E-state index < -0.39 is 5.92 Å². The number of nitrogens with one attached hydrogen (secondary N) is 2. The number of anilines is 1. The number of aryl methyl sites for hydroxylation is 1. The van der Waals surface area contributed by atoms with E-state index in [1.807, 2.05) is 12.3 Å². The van der Waals surface area contributed by atoms with Crippen molar-refractivity contribution in [2.75, 3.05) is 18.0 Å². The number of aromatic nitrogens is 3. The molecule has 2 aliphatic heterocycles. The number of alkyl halides is 2. The van der Waals surface area contributed by atoms with Gasteiger partial charge in [0.15, 0.2) is 0 Å². The minimum Gasteiger partial charge on any atom is -0.357 e. The van der Waals surface area contributed by atoms with Gasteiger partial charge in [-0.05, 0) is 55.0 Å². The van der Waals surface area contributed by atoms with E-state index in [4.69, 9.17) is 0 Å². The third-order valence-electron chi connectivity index (χ3n) is 7.27. The fraction of sp³-hybridized carbons (Fsp3) is 0.375. The summed E-state index contributed by atoms with van der Waals surface area (Å²) < 4.78 is 26.3. The second-order valence-corrected chi connectivity index (χ2v) is 9.59. The van der Waals surface area contributed by atoms with E-state index >= 15 is 0 Å². The number of fused-ring (bicyclic) bond motifs is 5. The Morgan fingerprint density at radius 1 is 1.06 bits per heavy atom. The van der Waals surface area contributed by atoms with Crippen LogP contribution in [0.25, 0.3) is 22.5 Å². The number of nitrogens with zero attached hydrogens (tertiary/aromatic N) is 3. The van der Waals surface area contributed by atoms with Gasteiger partial charge in [0, 0.05) is 41.2 Å². The van der Waals surface area contributed by atoms with Crippen molar-refractivity contribution in [2.24, 2.45) is 0 Å². The molecule has 2 N–H and O–H groups in total. The number of H-pyrrole nitrogens is 1. The summed E-state index contributed by atoms with van der Waals surface area (Å²) in [5, 5.41) is 3.22. The molecule has 1 saturated heterocycles. The Kier molecular flexibility index (Phi) is 3.39. The Morgan fingerprint density at radius 3 is 2.62 bits per heavy atom. The quantitative estimate of drug-likeness (QED) is 0.649. The Balaban J connectivity index is 1.24. The van der Waals surface area contributed by atoms with Crippen LogP contribution in [0.5, 0.6) is 0 Å². The molecular formula is C24H21F2N5O. The fourth-order valence-corrected chi connectivity index (χ4v) is 5.35. The summed E-state index contributed by atoms with van der Waals surface area (Å²) in [6.07, 6.45) is 8.23. The second kappa shape index (κ2) is 5.94. The van der Waals surface area contributed by atoms with E-state index in [-0.39, 0.29) is 24.5 Å². The summed E-state index contributed by atoms with van der Waals surface area (Å²) in [5.41, 5.74) is 7.84. The van der Waals surface area contributed by atoms with Crippen molar-refractivity contribution in [3.05, 3.63) is 53.0 Å². The van der Waals surface area contributed by atoms with Gasteiger partial charge in [-0.3, -0.25) is 9.78 Å². The second-order valence-electron chi connectivity index (χ2n) is 9.59. The molecule has 1 saturated carbocycles. The number of carbonyl (C=O) groups is 1. The van der Waals surface area contributed by atoms with Crippen LogP contribution in [0.1, 0.15) is 40.0 Å². The van der Waals surface area contributed by atoms with E-state index in [1.54, 1.807) is 17.2 Å². The van der Waals surface area contributed by atoms with Crippen molar-refractivity contribution in [3.8, 4) is 22.5 Å². The molecule has 7 rings (SSSR count). The normalized spacial score (nSPS) is 21.3. The predicted octanol–water partition coefficient (Wildman–Crippen LogP) is 3.51. The number of halogens is 2. The van der Waals surface area contributed by atoms with E-state index in [2.05, 4.69) is 26.3 Å². The predicted molar refractivity (Wildman–Crippen MR) is 115 cm³/mol. The maximum absolute atomic E-state index is 13.1. The van der Waals surface area contributed by atoms with Crippen molar-refractivity contribution < 1.29 is 13.6 Å². The van der Waals surface area contributed by atoms with Crippen LogP contribution in [0, 0.1) is 0 Å². The van der Waals surface area contributed by atoms with Gasteiger partial charge in [-0.15, -0.1) is 0 Å². The number of rotatable bonds is 2. The van der Waals surface area contributed by atoms with Gasteiger partial charge in [0.25, 0.3) is 11.8 Å². The first-order chi connectivity index (χ1) is 15.4. The zero-order valence-electron chi connectivity index (χ0n) is 17.3. The van der Waals surface area contributed by atoms with Crippen molar-refractivity contribution in [1.29, 1.82) is 0 Å². The van der Waals surface area contributed by atoms with Gasteiger partial charge in [-0.25, -0.2) is 13.8 Å². The number of hydrogen-bond donors (Lipinski definition) is 2. The average Bonchev–Trinajstić information content (AvgIpc) is 3.38. The first kappa shape index (κ1) is 18.3. The van der Waals surface area contributed by atoms with E-state index in [9.17, 15) is 13.6 Å². The molecule has 0 bridgehead atoms. The highest BCUT2D eigenvalue weighted by Gasteiger charge is 2.49.